The molecule has 0 saturated carbocycles. The summed E-state index contributed by atoms with van der Waals surface area (Å²) in [5.74, 6) is -0.714. The summed E-state index contributed by atoms with van der Waals surface area (Å²) < 4.78 is 54.6. The molecule has 1 saturated heterocycles. The molecule has 0 bridgehead atoms. The molecule has 2 N–H and O–H groups in total. The van der Waals surface area contributed by atoms with Gasteiger partial charge in [-0.15, -0.1) is 0 Å². The summed E-state index contributed by atoms with van der Waals surface area (Å²) in [6.07, 6.45) is -1.18. The summed E-state index contributed by atoms with van der Waals surface area (Å²) in [6.45, 7) is 1.28. The lowest BCUT2D eigenvalue weighted by molar-refractivity contribution is -0.126. The lowest BCUT2D eigenvalue weighted by atomic mass is 9.96. The van der Waals surface area contributed by atoms with Crippen molar-refractivity contribution in [3.05, 3.63) is 29.8 Å². The van der Waals surface area contributed by atoms with Crippen molar-refractivity contribution in [1.82, 2.24) is 15.5 Å². The van der Waals surface area contributed by atoms with Crippen LogP contribution in [-0.4, -0.2) is 61.5 Å². The Kier molecular flexibility index (Phi) is 8.45. The summed E-state index contributed by atoms with van der Waals surface area (Å²) in [7, 11) is 0. The number of hydrogen-bond acceptors (Lipinski definition) is 4. The maximum absolute atomic E-state index is 12.9. The van der Waals surface area contributed by atoms with Gasteiger partial charge >= 0.3 is 6.61 Å². The number of nitrogens with zero attached hydrogens (tertiary/aromatic N) is 1. The Morgan fingerprint density at radius 3 is 2.47 bits per heavy atom. The molecule has 0 unspecified atom stereocenters. The predicted molar refractivity (Wildman–Crippen MR) is 103 cm³/mol. The van der Waals surface area contributed by atoms with E-state index in [0.29, 0.717) is 19.6 Å². The van der Waals surface area contributed by atoms with Crippen LogP contribution >= 0.6 is 0 Å². The Labute approximate surface area is 172 Å². The van der Waals surface area contributed by atoms with Crippen LogP contribution in [0.5, 0.6) is 5.75 Å². The fourth-order valence-corrected chi connectivity index (χ4v) is 3.16. The summed E-state index contributed by atoms with van der Waals surface area (Å²) in [5.41, 5.74) is -1.35. The summed E-state index contributed by atoms with van der Waals surface area (Å²) in [5, 5.41) is 5.13. The molecule has 1 heterocycles. The zero-order chi connectivity index (χ0) is 22.3. The van der Waals surface area contributed by atoms with Crippen molar-refractivity contribution in [3.8, 4) is 5.75 Å². The second-order valence-electron chi connectivity index (χ2n) is 7.91. The minimum absolute atomic E-state index is 0.0478. The molecule has 1 aliphatic heterocycles. The molecule has 0 radical (unpaired) electrons. The first-order valence-corrected chi connectivity index (χ1v) is 9.71. The van der Waals surface area contributed by atoms with Gasteiger partial charge in [0, 0.05) is 12.1 Å². The van der Waals surface area contributed by atoms with Crippen LogP contribution in [0.25, 0.3) is 0 Å². The van der Waals surface area contributed by atoms with Gasteiger partial charge in [-0.05, 0) is 63.9 Å². The van der Waals surface area contributed by atoms with Crippen LogP contribution in [0.2, 0.25) is 0 Å². The first-order chi connectivity index (χ1) is 14.1. The van der Waals surface area contributed by atoms with E-state index in [2.05, 4.69) is 15.4 Å². The lowest BCUT2D eigenvalue weighted by Crippen LogP contribution is -2.52. The van der Waals surface area contributed by atoms with Gasteiger partial charge in [0.1, 0.15) is 5.75 Å². The van der Waals surface area contributed by atoms with Crippen LogP contribution in [0.15, 0.2) is 24.3 Å². The minimum Gasteiger partial charge on any atom is -0.435 e. The molecule has 2 rings (SSSR count). The normalized spacial score (nSPS) is 16.0. The molecule has 1 aromatic rings. The number of carbonyl (C=O) groups is 2. The van der Waals surface area contributed by atoms with Crippen molar-refractivity contribution in [2.24, 2.45) is 5.92 Å². The SMILES string of the molecule is CC(C)(NC(=O)CN1CCC(CNC(=O)c2cccc(OC(F)F)c2)CC1)C(F)F. The highest BCUT2D eigenvalue weighted by Gasteiger charge is 2.32. The van der Waals surface area contributed by atoms with Gasteiger partial charge in [-0.1, -0.05) is 6.07 Å². The minimum atomic E-state index is -2.96. The van der Waals surface area contributed by atoms with Gasteiger partial charge in [0.25, 0.3) is 12.3 Å². The van der Waals surface area contributed by atoms with Crippen molar-refractivity contribution in [2.75, 3.05) is 26.2 Å². The van der Waals surface area contributed by atoms with Crippen LogP contribution in [0, 0.1) is 5.92 Å². The number of piperidine rings is 1. The van der Waals surface area contributed by atoms with Gasteiger partial charge < -0.3 is 15.4 Å². The van der Waals surface area contributed by atoms with Crippen LogP contribution < -0.4 is 15.4 Å². The molecule has 0 aromatic heterocycles. The van der Waals surface area contributed by atoms with E-state index in [9.17, 15) is 27.2 Å². The highest BCUT2D eigenvalue weighted by Crippen LogP contribution is 2.19. The highest BCUT2D eigenvalue weighted by molar-refractivity contribution is 5.94. The Morgan fingerprint density at radius 1 is 1.20 bits per heavy atom. The Morgan fingerprint density at radius 2 is 1.87 bits per heavy atom. The topological polar surface area (TPSA) is 70.7 Å². The van der Waals surface area contributed by atoms with Crippen LogP contribution in [0.4, 0.5) is 17.6 Å². The number of likely N-dealkylation sites (tertiary alicyclic amines) is 1. The van der Waals surface area contributed by atoms with Crippen molar-refractivity contribution in [1.29, 1.82) is 0 Å². The number of rotatable bonds is 9. The quantitative estimate of drug-likeness (QED) is 0.588. The molecule has 0 spiro atoms. The third-order valence-electron chi connectivity index (χ3n) is 4.95. The first-order valence-electron chi connectivity index (χ1n) is 9.71. The molecule has 1 aliphatic rings. The summed E-state index contributed by atoms with van der Waals surface area (Å²) in [4.78, 5) is 26.1. The van der Waals surface area contributed by atoms with Crippen LogP contribution in [-0.2, 0) is 4.79 Å². The number of benzene rings is 1. The van der Waals surface area contributed by atoms with Crippen molar-refractivity contribution >= 4 is 11.8 Å². The molecule has 1 fully saturated rings. The molecule has 30 heavy (non-hydrogen) atoms. The smallest absolute Gasteiger partial charge is 0.387 e. The Bertz CT molecular complexity index is 723. The van der Waals surface area contributed by atoms with Crippen LogP contribution in [0.3, 0.4) is 0 Å². The molecular formula is C20H27F4N3O3. The molecule has 1 aromatic carbocycles. The Hall–Kier alpha value is -2.36. The average molecular weight is 433 g/mol. The van der Waals surface area contributed by atoms with Gasteiger partial charge in [0.2, 0.25) is 5.91 Å². The lowest BCUT2D eigenvalue weighted by Gasteiger charge is -2.33. The molecule has 0 atom stereocenters. The van der Waals surface area contributed by atoms with E-state index >= 15 is 0 Å². The van der Waals surface area contributed by atoms with Gasteiger partial charge in [-0.25, -0.2) is 8.78 Å². The monoisotopic (exact) mass is 433 g/mol. The zero-order valence-electron chi connectivity index (χ0n) is 17.0. The molecule has 2 amide bonds. The van der Waals surface area contributed by atoms with E-state index in [1.54, 1.807) is 0 Å². The van der Waals surface area contributed by atoms with E-state index in [-0.39, 0.29) is 29.7 Å². The maximum Gasteiger partial charge on any atom is 0.387 e. The zero-order valence-corrected chi connectivity index (χ0v) is 17.0. The Balaban J connectivity index is 1.73. The summed E-state index contributed by atoms with van der Waals surface area (Å²) in [6, 6.07) is 5.57. The molecule has 10 heteroatoms. The number of alkyl halides is 4. The van der Waals surface area contributed by atoms with E-state index in [0.717, 1.165) is 12.8 Å². The standard InChI is InChI=1S/C20H27F4N3O3/c1-20(2,18(21)22)26-16(28)12-27-8-6-13(7-9-27)11-25-17(29)14-4-3-5-15(10-14)30-19(23)24/h3-5,10,13,18-19H,6-9,11-12H2,1-2H3,(H,25,29)(H,26,28). The van der Waals surface area contributed by atoms with E-state index in [4.69, 9.17) is 0 Å². The van der Waals surface area contributed by atoms with E-state index < -0.39 is 24.5 Å². The van der Waals surface area contributed by atoms with Gasteiger partial charge in [-0.3, -0.25) is 14.5 Å². The number of nitrogens with one attached hydrogen (secondary N) is 2. The molecule has 6 nitrogen and oxygen atoms in total. The highest BCUT2D eigenvalue weighted by atomic mass is 19.3. The first kappa shape index (κ1) is 23.9. The predicted octanol–water partition coefficient (Wildman–Crippen LogP) is 2.89. The molecule has 168 valence electrons. The van der Waals surface area contributed by atoms with Gasteiger partial charge in [-0.2, -0.15) is 8.78 Å². The number of hydrogen-bond donors (Lipinski definition) is 2. The van der Waals surface area contributed by atoms with Crippen molar-refractivity contribution in [2.45, 2.75) is 45.3 Å². The second kappa shape index (κ2) is 10.6. The number of carbonyl (C=O) groups excluding carboxylic acids is 2. The fraction of sp³-hybridized carbons (Fsp3) is 0.600. The van der Waals surface area contributed by atoms with Gasteiger partial charge in [0.15, 0.2) is 0 Å². The van der Waals surface area contributed by atoms with Gasteiger partial charge in [0.05, 0.1) is 12.1 Å². The average Bonchev–Trinajstić information content (AvgIpc) is 2.66. The third-order valence-corrected chi connectivity index (χ3v) is 4.95. The number of halogens is 4. The summed E-state index contributed by atoms with van der Waals surface area (Å²) >= 11 is 0. The molecule has 0 aliphatic carbocycles. The van der Waals surface area contributed by atoms with Crippen LogP contribution in [0.1, 0.15) is 37.0 Å². The maximum atomic E-state index is 12.9. The molecular weight excluding hydrogens is 406 g/mol. The number of ether oxygens (including phenoxy) is 1. The second-order valence-corrected chi connectivity index (χ2v) is 7.91. The van der Waals surface area contributed by atoms with E-state index in [1.807, 2.05) is 4.90 Å². The number of amides is 2. The van der Waals surface area contributed by atoms with Crippen molar-refractivity contribution < 1.29 is 31.9 Å². The largest absolute Gasteiger partial charge is 0.435 e. The third kappa shape index (κ3) is 7.47. The van der Waals surface area contributed by atoms with Crippen molar-refractivity contribution in [3.63, 3.8) is 0 Å². The fourth-order valence-electron chi connectivity index (χ4n) is 3.16. The van der Waals surface area contributed by atoms with E-state index in [1.165, 1.54) is 38.1 Å².